The lowest BCUT2D eigenvalue weighted by atomic mass is 9.87. The molecule has 1 aliphatic heterocycles. The molecule has 2 heterocycles. The van der Waals surface area contributed by atoms with Gasteiger partial charge in [-0.05, 0) is 70.7 Å². The first-order valence-corrected chi connectivity index (χ1v) is 9.12. The molecule has 0 radical (unpaired) electrons. The Labute approximate surface area is 150 Å². The first kappa shape index (κ1) is 19.8. The number of halogens is 1. The molecular weight excluding hydrogens is 319 g/mol. The summed E-state index contributed by atoms with van der Waals surface area (Å²) >= 11 is 0. The Balaban J connectivity index is 2.30. The van der Waals surface area contributed by atoms with Crippen molar-refractivity contribution in [1.82, 2.24) is 9.88 Å². The molecule has 4 nitrogen and oxygen atoms in total. The molecular formula is C20H31FN2O2. The standard InChI is InChI=1S/C20H31FN2O2/c1-14(2)17(18(24)25-19(3,4)5)23-13-7-8-16(23)20(6,21)15-9-11-22-12-10-15/h9-12,14,16-17H,7-8,13H2,1-6H3/t16?,17-,20+/m0/s1. The van der Waals surface area contributed by atoms with Crippen LogP contribution in [0, 0.1) is 5.92 Å². The van der Waals surface area contributed by atoms with Crippen LogP contribution in [-0.4, -0.2) is 40.1 Å². The molecule has 25 heavy (non-hydrogen) atoms. The molecule has 1 aromatic heterocycles. The summed E-state index contributed by atoms with van der Waals surface area (Å²) in [7, 11) is 0. The van der Waals surface area contributed by atoms with Crippen LogP contribution in [0.15, 0.2) is 24.5 Å². The van der Waals surface area contributed by atoms with E-state index in [0.29, 0.717) is 12.1 Å². The summed E-state index contributed by atoms with van der Waals surface area (Å²) in [5, 5.41) is 0. The molecule has 140 valence electrons. The molecule has 0 saturated carbocycles. The maximum absolute atomic E-state index is 15.8. The lowest BCUT2D eigenvalue weighted by Gasteiger charge is -2.40. The van der Waals surface area contributed by atoms with Gasteiger partial charge in [-0.1, -0.05) is 13.8 Å². The van der Waals surface area contributed by atoms with Crippen LogP contribution in [0.4, 0.5) is 4.39 Å². The Kier molecular flexibility index (Phi) is 5.87. The average molecular weight is 350 g/mol. The van der Waals surface area contributed by atoms with Crippen LogP contribution in [-0.2, 0) is 15.2 Å². The van der Waals surface area contributed by atoms with E-state index in [0.717, 1.165) is 12.8 Å². The molecule has 2 rings (SSSR count). The van der Waals surface area contributed by atoms with Gasteiger partial charge in [0.15, 0.2) is 0 Å². The van der Waals surface area contributed by atoms with Gasteiger partial charge in [-0.2, -0.15) is 0 Å². The van der Waals surface area contributed by atoms with Crippen molar-refractivity contribution in [2.45, 2.75) is 77.7 Å². The topological polar surface area (TPSA) is 42.4 Å². The second-order valence-electron chi connectivity index (χ2n) is 8.43. The maximum atomic E-state index is 15.8. The van der Waals surface area contributed by atoms with E-state index in [2.05, 4.69) is 4.98 Å². The highest BCUT2D eigenvalue weighted by Gasteiger charge is 2.47. The minimum absolute atomic E-state index is 0.0451. The molecule has 0 spiro atoms. The first-order valence-electron chi connectivity index (χ1n) is 9.12. The van der Waals surface area contributed by atoms with Crippen molar-refractivity contribution in [3.63, 3.8) is 0 Å². The number of carbonyl (C=O) groups is 1. The molecule has 1 fully saturated rings. The summed E-state index contributed by atoms with van der Waals surface area (Å²) in [6, 6.07) is 2.64. The molecule has 5 heteroatoms. The van der Waals surface area contributed by atoms with Gasteiger partial charge < -0.3 is 4.74 Å². The summed E-state index contributed by atoms with van der Waals surface area (Å²) < 4.78 is 21.4. The Morgan fingerprint density at radius 1 is 1.28 bits per heavy atom. The zero-order valence-electron chi connectivity index (χ0n) is 16.3. The van der Waals surface area contributed by atoms with E-state index in [1.54, 1.807) is 31.5 Å². The summed E-state index contributed by atoms with van der Waals surface area (Å²) in [6.07, 6.45) is 4.82. The van der Waals surface area contributed by atoms with Crippen molar-refractivity contribution in [3.05, 3.63) is 30.1 Å². The predicted octanol–water partition coefficient (Wildman–Crippen LogP) is 4.10. The zero-order chi connectivity index (χ0) is 18.8. The minimum Gasteiger partial charge on any atom is -0.459 e. The third-order valence-electron chi connectivity index (χ3n) is 4.80. The molecule has 1 aromatic rings. The molecule has 3 atom stereocenters. The highest BCUT2D eigenvalue weighted by molar-refractivity contribution is 5.76. The largest absolute Gasteiger partial charge is 0.459 e. The van der Waals surface area contributed by atoms with E-state index in [-0.39, 0.29) is 17.9 Å². The summed E-state index contributed by atoms with van der Waals surface area (Å²) in [5.74, 6) is -0.219. The number of hydrogen-bond donors (Lipinski definition) is 0. The van der Waals surface area contributed by atoms with Gasteiger partial charge in [0.05, 0.1) is 0 Å². The fraction of sp³-hybridized carbons (Fsp3) is 0.700. The van der Waals surface area contributed by atoms with Gasteiger partial charge in [-0.15, -0.1) is 0 Å². The first-order chi connectivity index (χ1) is 11.5. The molecule has 0 aliphatic carbocycles. The van der Waals surface area contributed by atoms with Gasteiger partial charge in [0, 0.05) is 18.4 Å². The lowest BCUT2D eigenvalue weighted by Crippen LogP contribution is -2.54. The highest BCUT2D eigenvalue weighted by Crippen LogP contribution is 2.40. The molecule has 0 aromatic carbocycles. The second kappa shape index (κ2) is 7.40. The molecule has 1 saturated heterocycles. The number of hydrogen-bond acceptors (Lipinski definition) is 4. The highest BCUT2D eigenvalue weighted by atomic mass is 19.1. The van der Waals surface area contributed by atoms with Crippen molar-refractivity contribution in [2.75, 3.05) is 6.54 Å². The average Bonchev–Trinajstić information content (AvgIpc) is 2.95. The fourth-order valence-corrected chi connectivity index (χ4v) is 3.73. The minimum atomic E-state index is -1.55. The SMILES string of the molecule is CC(C)[C@@H](C(=O)OC(C)(C)C)N1CCCC1[C@](C)(F)c1ccncc1. The van der Waals surface area contributed by atoms with Crippen LogP contribution in [0.2, 0.25) is 0 Å². The van der Waals surface area contributed by atoms with Crippen molar-refractivity contribution in [3.8, 4) is 0 Å². The Morgan fingerprint density at radius 3 is 2.40 bits per heavy atom. The van der Waals surface area contributed by atoms with E-state index < -0.39 is 17.3 Å². The van der Waals surface area contributed by atoms with Crippen LogP contribution in [0.25, 0.3) is 0 Å². The quantitative estimate of drug-likeness (QED) is 0.750. The number of ether oxygens (including phenoxy) is 1. The van der Waals surface area contributed by atoms with E-state index in [1.165, 1.54) is 0 Å². The molecule has 0 bridgehead atoms. The Morgan fingerprint density at radius 2 is 1.88 bits per heavy atom. The van der Waals surface area contributed by atoms with Crippen LogP contribution < -0.4 is 0 Å². The monoisotopic (exact) mass is 350 g/mol. The third-order valence-corrected chi connectivity index (χ3v) is 4.80. The summed E-state index contributed by atoms with van der Waals surface area (Å²) in [4.78, 5) is 18.8. The van der Waals surface area contributed by atoms with Crippen molar-refractivity contribution in [1.29, 1.82) is 0 Å². The van der Waals surface area contributed by atoms with Crippen LogP contribution >= 0.6 is 0 Å². The number of esters is 1. The molecule has 1 aliphatic rings. The summed E-state index contributed by atoms with van der Waals surface area (Å²) in [5.41, 5.74) is -1.50. The molecule has 0 N–H and O–H groups in total. The number of carbonyl (C=O) groups excluding carboxylic acids is 1. The normalized spacial score (nSPS) is 22.6. The number of rotatable bonds is 5. The van der Waals surface area contributed by atoms with Gasteiger partial charge >= 0.3 is 5.97 Å². The molecule has 1 unspecified atom stereocenters. The number of alkyl halides is 1. The van der Waals surface area contributed by atoms with Gasteiger partial charge in [0.25, 0.3) is 0 Å². The second-order valence-corrected chi connectivity index (χ2v) is 8.43. The predicted molar refractivity (Wildman–Crippen MR) is 96.9 cm³/mol. The number of aromatic nitrogens is 1. The summed E-state index contributed by atoms with van der Waals surface area (Å²) in [6.45, 7) is 11.9. The fourth-order valence-electron chi connectivity index (χ4n) is 3.73. The van der Waals surface area contributed by atoms with E-state index in [9.17, 15) is 4.79 Å². The van der Waals surface area contributed by atoms with Crippen LogP contribution in [0.1, 0.15) is 59.9 Å². The van der Waals surface area contributed by atoms with Gasteiger partial charge in [-0.3, -0.25) is 14.7 Å². The van der Waals surface area contributed by atoms with Gasteiger partial charge in [-0.25, -0.2) is 4.39 Å². The number of nitrogens with zero attached hydrogens (tertiary/aromatic N) is 2. The Hall–Kier alpha value is -1.49. The van der Waals surface area contributed by atoms with Crippen LogP contribution in [0.5, 0.6) is 0 Å². The van der Waals surface area contributed by atoms with Crippen LogP contribution in [0.3, 0.4) is 0 Å². The van der Waals surface area contributed by atoms with E-state index in [1.807, 2.05) is 39.5 Å². The van der Waals surface area contributed by atoms with Crippen molar-refractivity contribution in [2.24, 2.45) is 5.92 Å². The zero-order valence-corrected chi connectivity index (χ0v) is 16.3. The molecule has 0 amide bonds. The third kappa shape index (κ3) is 4.57. The number of pyridine rings is 1. The van der Waals surface area contributed by atoms with Gasteiger partial charge in [0.2, 0.25) is 0 Å². The van der Waals surface area contributed by atoms with Crippen molar-refractivity contribution >= 4 is 5.97 Å². The van der Waals surface area contributed by atoms with Crippen molar-refractivity contribution < 1.29 is 13.9 Å². The maximum Gasteiger partial charge on any atom is 0.324 e. The lowest BCUT2D eigenvalue weighted by molar-refractivity contribution is -0.165. The Bertz CT molecular complexity index is 581. The van der Waals surface area contributed by atoms with E-state index in [4.69, 9.17) is 4.74 Å². The van der Waals surface area contributed by atoms with E-state index >= 15 is 4.39 Å². The van der Waals surface area contributed by atoms with Gasteiger partial charge in [0.1, 0.15) is 17.3 Å². The smallest absolute Gasteiger partial charge is 0.324 e. The number of likely N-dealkylation sites (tertiary alicyclic amines) is 1.